The molecule has 0 amide bonds. The number of rotatable bonds is 7. The Morgan fingerprint density at radius 1 is 1.35 bits per heavy atom. The summed E-state index contributed by atoms with van der Waals surface area (Å²) < 4.78 is 5.06. The van der Waals surface area contributed by atoms with Gasteiger partial charge in [0.05, 0.1) is 6.61 Å². The fourth-order valence-corrected chi connectivity index (χ4v) is 2.46. The molecule has 0 atom stereocenters. The highest BCUT2D eigenvalue weighted by molar-refractivity contribution is 7.99. The van der Waals surface area contributed by atoms with E-state index in [0.29, 0.717) is 6.04 Å². The number of methoxy groups -OCH3 is 1. The van der Waals surface area contributed by atoms with E-state index in [-0.39, 0.29) is 0 Å². The van der Waals surface area contributed by atoms with Crippen LogP contribution in [0.4, 0.5) is 0 Å². The van der Waals surface area contributed by atoms with Crippen molar-refractivity contribution >= 4 is 11.8 Å². The molecule has 0 aromatic heterocycles. The van der Waals surface area contributed by atoms with Gasteiger partial charge in [0.25, 0.3) is 0 Å². The van der Waals surface area contributed by atoms with E-state index in [2.05, 4.69) is 44.3 Å². The summed E-state index contributed by atoms with van der Waals surface area (Å²) in [5, 5.41) is 3.43. The van der Waals surface area contributed by atoms with Crippen molar-refractivity contribution in [2.45, 2.75) is 38.3 Å². The lowest BCUT2D eigenvalue weighted by molar-refractivity contribution is 0.218. The van der Waals surface area contributed by atoms with E-state index in [1.807, 2.05) is 11.8 Å². The van der Waals surface area contributed by atoms with Crippen molar-refractivity contribution in [3.05, 3.63) is 29.3 Å². The number of aryl methyl sites for hydroxylation is 1. The van der Waals surface area contributed by atoms with Crippen molar-refractivity contribution < 1.29 is 4.74 Å². The quantitative estimate of drug-likeness (QED) is 0.595. The Balaban J connectivity index is 2.53. The molecule has 0 aliphatic heterocycles. The molecule has 0 fully saturated rings. The predicted octanol–water partition coefficient (Wildman–Crippen LogP) is 3.23. The van der Waals surface area contributed by atoms with Gasteiger partial charge in [-0.15, -0.1) is 11.8 Å². The largest absolute Gasteiger partial charge is 0.384 e. The van der Waals surface area contributed by atoms with Crippen LogP contribution >= 0.6 is 11.8 Å². The molecule has 1 aromatic carbocycles. The number of hydrogen-bond donors (Lipinski definition) is 1. The van der Waals surface area contributed by atoms with Crippen LogP contribution in [0.5, 0.6) is 0 Å². The molecule has 3 heteroatoms. The fraction of sp³-hybridized carbons (Fsp3) is 0.571. The maximum absolute atomic E-state index is 5.06. The van der Waals surface area contributed by atoms with Crippen molar-refractivity contribution in [1.82, 2.24) is 5.32 Å². The van der Waals surface area contributed by atoms with Crippen LogP contribution in [0.15, 0.2) is 23.1 Å². The molecular weight excluding hydrogens is 230 g/mol. The van der Waals surface area contributed by atoms with Crippen molar-refractivity contribution in [3.8, 4) is 0 Å². The molecule has 0 unspecified atom stereocenters. The molecule has 1 aromatic rings. The lowest BCUT2D eigenvalue weighted by atomic mass is 10.1. The molecule has 0 bridgehead atoms. The molecule has 2 nitrogen and oxygen atoms in total. The van der Waals surface area contributed by atoms with Gasteiger partial charge >= 0.3 is 0 Å². The van der Waals surface area contributed by atoms with Gasteiger partial charge in [-0.05, 0) is 24.1 Å². The lowest BCUT2D eigenvalue weighted by Crippen LogP contribution is -2.21. The van der Waals surface area contributed by atoms with Crippen LogP contribution in [-0.2, 0) is 11.3 Å². The van der Waals surface area contributed by atoms with E-state index >= 15 is 0 Å². The predicted molar refractivity (Wildman–Crippen MR) is 75.8 cm³/mol. The minimum Gasteiger partial charge on any atom is -0.384 e. The lowest BCUT2D eigenvalue weighted by Gasteiger charge is -2.11. The Labute approximate surface area is 109 Å². The highest BCUT2D eigenvalue weighted by Gasteiger charge is 2.01. The van der Waals surface area contributed by atoms with Crippen LogP contribution in [-0.4, -0.2) is 25.5 Å². The maximum Gasteiger partial charge on any atom is 0.0556 e. The van der Waals surface area contributed by atoms with Crippen LogP contribution in [0.1, 0.15) is 25.0 Å². The number of hydrogen-bond acceptors (Lipinski definition) is 3. The van der Waals surface area contributed by atoms with Gasteiger partial charge in [0.2, 0.25) is 0 Å². The minimum absolute atomic E-state index is 0.533. The van der Waals surface area contributed by atoms with Gasteiger partial charge in [0, 0.05) is 30.3 Å². The normalized spacial score (nSPS) is 11.1. The molecule has 0 saturated heterocycles. The van der Waals surface area contributed by atoms with E-state index in [9.17, 15) is 0 Å². The topological polar surface area (TPSA) is 21.3 Å². The second kappa shape index (κ2) is 7.75. The molecular formula is C14H23NOS. The van der Waals surface area contributed by atoms with Gasteiger partial charge in [-0.2, -0.15) is 0 Å². The average molecular weight is 253 g/mol. The molecule has 1 N–H and O–H groups in total. The minimum atomic E-state index is 0.533. The van der Waals surface area contributed by atoms with E-state index in [1.54, 1.807) is 7.11 Å². The van der Waals surface area contributed by atoms with Gasteiger partial charge < -0.3 is 10.1 Å². The Kier molecular flexibility index (Phi) is 6.63. The van der Waals surface area contributed by atoms with Crippen LogP contribution in [0.2, 0.25) is 0 Å². The zero-order chi connectivity index (χ0) is 12.7. The molecule has 0 spiro atoms. The molecule has 0 aliphatic carbocycles. The summed E-state index contributed by atoms with van der Waals surface area (Å²) in [7, 11) is 1.74. The zero-order valence-corrected chi connectivity index (χ0v) is 12.1. The van der Waals surface area contributed by atoms with E-state index in [0.717, 1.165) is 18.9 Å². The molecule has 0 radical (unpaired) electrons. The van der Waals surface area contributed by atoms with E-state index in [4.69, 9.17) is 4.74 Å². The Morgan fingerprint density at radius 3 is 2.71 bits per heavy atom. The van der Waals surface area contributed by atoms with Crippen LogP contribution in [0.3, 0.4) is 0 Å². The van der Waals surface area contributed by atoms with Crippen molar-refractivity contribution in [2.75, 3.05) is 19.5 Å². The first-order valence-corrected chi connectivity index (χ1v) is 7.06. The third-order valence-electron chi connectivity index (χ3n) is 2.50. The highest BCUT2D eigenvalue weighted by atomic mass is 32.2. The van der Waals surface area contributed by atoms with Gasteiger partial charge in [-0.25, -0.2) is 0 Å². The Morgan fingerprint density at radius 2 is 2.12 bits per heavy atom. The number of benzene rings is 1. The molecule has 0 aliphatic rings. The first kappa shape index (κ1) is 14.6. The van der Waals surface area contributed by atoms with Crippen molar-refractivity contribution in [2.24, 2.45) is 0 Å². The zero-order valence-electron chi connectivity index (χ0n) is 11.2. The van der Waals surface area contributed by atoms with Crippen LogP contribution in [0, 0.1) is 6.92 Å². The van der Waals surface area contributed by atoms with E-state index in [1.165, 1.54) is 16.0 Å². The number of nitrogens with one attached hydrogen (secondary N) is 1. The summed E-state index contributed by atoms with van der Waals surface area (Å²) in [6.07, 6.45) is 0. The van der Waals surface area contributed by atoms with Gasteiger partial charge in [0.15, 0.2) is 0 Å². The van der Waals surface area contributed by atoms with Gasteiger partial charge in [0.1, 0.15) is 0 Å². The Bertz CT molecular complexity index is 339. The Hall–Kier alpha value is -0.510. The third kappa shape index (κ3) is 5.57. The third-order valence-corrected chi connectivity index (χ3v) is 3.64. The van der Waals surface area contributed by atoms with E-state index < -0.39 is 0 Å². The van der Waals surface area contributed by atoms with Crippen LogP contribution in [0.25, 0.3) is 0 Å². The summed E-state index contributed by atoms with van der Waals surface area (Å²) >= 11 is 1.86. The highest BCUT2D eigenvalue weighted by Crippen LogP contribution is 2.23. The summed E-state index contributed by atoms with van der Waals surface area (Å²) in [4.78, 5) is 1.36. The van der Waals surface area contributed by atoms with Crippen molar-refractivity contribution in [3.63, 3.8) is 0 Å². The monoisotopic (exact) mass is 253 g/mol. The summed E-state index contributed by atoms with van der Waals surface area (Å²) in [5.41, 5.74) is 2.71. The van der Waals surface area contributed by atoms with Crippen LogP contribution < -0.4 is 5.32 Å². The van der Waals surface area contributed by atoms with Gasteiger partial charge in [-0.3, -0.25) is 0 Å². The smallest absolute Gasteiger partial charge is 0.0556 e. The number of thioether (sulfide) groups is 1. The standard InChI is InChI=1S/C14H23NOS/c1-11(2)15-10-13-5-6-14(12(3)9-13)17-8-7-16-4/h5-6,9,11,15H,7-8,10H2,1-4H3. The summed E-state index contributed by atoms with van der Waals surface area (Å²) in [5.74, 6) is 1.01. The average Bonchev–Trinajstić information content (AvgIpc) is 2.29. The summed E-state index contributed by atoms with van der Waals surface area (Å²) in [6, 6.07) is 7.22. The van der Waals surface area contributed by atoms with Gasteiger partial charge in [-0.1, -0.05) is 26.0 Å². The molecule has 17 heavy (non-hydrogen) atoms. The second-order valence-corrected chi connectivity index (χ2v) is 5.61. The first-order valence-electron chi connectivity index (χ1n) is 6.08. The SMILES string of the molecule is COCCSc1ccc(CNC(C)C)cc1C. The molecule has 0 heterocycles. The van der Waals surface area contributed by atoms with Crippen molar-refractivity contribution in [1.29, 1.82) is 0 Å². The molecule has 0 saturated carbocycles. The summed E-state index contributed by atoms with van der Waals surface area (Å²) in [6.45, 7) is 8.26. The second-order valence-electron chi connectivity index (χ2n) is 4.48. The molecule has 96 valence electrons. The maximum atomic E-state index is 5.06. The fourth-order valence-electron chi connectivity index (χ4n) is 1.54. The molecule has 1 rings (SSSR count). The first-order chi connectivity index (χ1) is 8.13. The number of ether oxygens (including phenoxy) is 1.